The van der Waals surface area contributed by atoms with Crippen LogP contribution in [-0.4, -0.2) is 6.54 Å². The molecular formula is C14H21ClFN3. The zero-order valence-electron chi connectivity index (χ0n) is 11.8. The highest BCUT2D eigenvalue weighted by atomic mass is 35.5. The van der Waals surface area contributed by atoms with Gasteiger partial charge in [0, 0.05) is 6.54 Å². The molecule has 0 spiro atoms. The molecule has 19 heavy (non-hydrogen) atoms. The van der Waals surface area contributed by atoms with Gasteiger partial charge < -0.3 is 16.8 Å². The molecule has 0 radical (unpaired) electrons. The van der Waals surface area contributed by atoms with Gasteiger partial charge in [0.05, 0.1) is 17.1 Å². The fraction of sp³-hybridized carbons (Fsp3) is 0.571. The second-order valence-electron chi connectivity index (χ2n) is 6.43. The van der Waals surface area contributed by atoms with Gasteiger partial charge in [0.1, 0.15) is 5.02 Å². The fourth-order valence-corrected chi connectivity index (χ4v) is 3.04. The number of anilines is 3. The predicted octanol–water partition coefficient (Wildman–Crippen LogP) is 3.74. The molecule has 3 nitrogen and oxygen atoms in total. The van der Waals surface area contributed by atoms with Crippen molar-refractivity contribution in [1.82, 2.24) is 0 Å². The van der Waals surface area contributed by atoms with E-state index in [2.05, 4.69) is 33.0 Å². The van der Waals surface area contributed by atoms with Crippen LogP contribution in [0.4, 0.5) is 21.5 Å². The van der Waals surface area contributed by atoms with Crippen LogP contribution in [0, 0.1) is 22.6 Å². The topological polar surface area (TPSA) is 64.1 Å². The normalized spacial score (nSPS) is 20.3. The molecule has 1 aromatic carbocycles. The number of hydrogen-bond acceptors (Lipinski definition) is 3. The smallest absolute Gasteiger partial charge is 0.169 e. The van der Waals surface area contributed by atoms with Crippen LogP contribution in [0.3, 0.4) is 0 Å². The third kappa shape index (κ3) is 2.02. The highest BCUT2D eigenvalue weighted by Gasteiger charge is 2.64. The van der Waals surface area contributed by atoms with Crippen LogP contribution in [0.5, 0.6) is 0 Å². The summed E-state index contributed by atoms with van der Waals surface area (Å²) >= 11 is 5.80. The molecule has 0 bridgehead atoms. The first-order chi connectivity index (χ1) is 8.60. The maximum absolute atomic E-state index is 14.0. The molecule has 0 aromatic heterocycles. The lowest BCUT2D eigenvalue weighted by Crippen LogP contribution is -2.12. The van der Waals surface area contributed by atoms with E-state index in [9.17, 15) is 4.39 Å². The molecule has 5 heteroatoms. The summed E-state index contributed by atoms with van der Waals surface area (Å²) in [5.41, 5.74) is 12.5. The Morgan fingerprint density at radius 2 is 1.74 bits per heavy atom. The number of rotatable bonds is 3. The molecule has 0 aliphatic heterocycles. The first-order valence-electron chi connectivity index (χ1n) is 6.37. The van der Waals surface area contributed by atoms with Gasteiger partial charge in [-0.3, -0.25) is 0 Å². The van der Waals surface area contributed by atoms with Crippen molar-refractivity contribution in [3.05, 3.63) is 16.9 Å². The number of nitrogens with two attached hydrogens (primary N) is 2. The number of benzene rings is 1. The Bertz CT molecular complexity index is 512. The SMILES string of the molecule is CC1(C)C(CNc2c(N)cc(N)c(Cl)c2F)C1(C)C. The number of nitrogen functional groups attached to an aromatic ring is 2. The van der Waals surface area contributed by atoms with Crippen molar-refractivity contribution in [3.8, 4) is 0 Å². The van der Waals surface area contributed by atoms with Crippen LogP contribution in [-0.2, 0) is 0 Å². The van der Waals surface area contributed by atoms with Crippen molar-refractivity contribution in [2.45, 2.75) is 27.7 Å². The monoisotopic (exact) mass is 285 g/mol. The summed E-state index contributed by atoms with van der Waals surface area (Å²) < 4.78 is 14.0. The van der Waals surface area contributed by atoms with E-state index >= 15 is 0 Å². The molecule has 1 fully saturated rings. The second-order valence-corrected chi connectivity index (χ2v) is 6.81. The van der Waals surface area contributed by atoms with Gasteiger partial charge in [0.25, 0.3) is 0 Å². The van der Waals surface area contributed by atoms with Crippen molar-refractivity contribution >= 4 is 28.7 Å². The standard InChI is InChI=1S/C14H21ClFN3/c1-13(2)9(14(13,3)4)6-19-12-8(18)5-7(17)10(15)11(12)16/h5,9,19H,6,17-18H2,1-4H3. The Hall–Kier alpha value is -1.16. The Morgan fingerprint density at radius 3 is 2.21 bits per heavy atom. The zero-order chi connectivity index (χ0) is 14.6. The van der Waals surface area contributed by atoms with Gasteiger partial charge in [0.2, 0.25) is 0 Å². The lowest BCUT2D eigenvalue weighted by molar-refractivity contribution is 0.457. The largest absolute Gasteiger partial charge is 0.397 e. The van der Waals surface area contributed by atoms with E-state index < -0.39 is 5.82 Å². The van der Waals surface area contributed by atoms with E-state index in [1.165, 1.54) is 6.07 Å². The van der Waals surface area contributed by atoms with Crippen LogP contribution in [0.15, 0.2) is 6.07 Å². The molecule has 0 saturated heterocycles. The third-order valence-electron chi connectivity index (χ3n) is 5.07. The minimum atomic E-state index is -0.574. The summed E-state index contributed by atoms with van der Waals surface area (Å²) in [4.78, 5) is 0. The van der Waals surface area contributed by atoms with E-state index in [0.717, 1.165) is 0 Å². The van der Waals surface area contributed by atoms with E-state index in [1.54, 1.807) is 0 Å². The molecule has 1 saturated carbocycles. The lowest BCUT2D eigenvalue weighted by Gasteiger charge is -2.13. The molecule has 5 N–H and O–H groups in total. The molecule has 0 atom stereocenters. The van der Waals surface area contributed by atoms with Gasteiger partial charge in [-0.15, -0.1) is 0 Å². The van der Waals surface area contributed by atoms with Crippen LogP contribution in [0.25, 0.3) is 0 Å². The van der Waals surface area contributed by atoms with Gasteiger partial charge in [-0.1, -0.05) is 39.3 Å². The second kappa shape index (κ2) is 4.17. The van der Waals surface area contributed by atoms with Gasteiger partial charge in [-0.25, -0.2) is 4.39 Å². The predicted molar refractivity (Wildman–Crippen MR) is 79.8 cm³/mol. The average molecular weight is 286 g/mol. The van der Waals surface area contributed by atoms with Gasteiger partial charge in [-0.05, 0) is 22.8 Å². The molecule has 0 heterocycles. The van der Waals surface area contributed by atoms with Gasteiger partial charge in [0.15, 0.2) is 5.82 Å². The van der Waals surface area contributed by atoms with Crippen molar-refractivity contribution in [2.75, 3.05) is 23.3 Å². The van der Waals surface area contributed by atoms with Crippen LogP contribution < -0.4 is 16.8 Å². The van der Waals surface area contributed by atoms with E-state index in [-0.39, 0.29) is 32.9 Å². The van der Waals surface area contributed by atoms with Crippen LogP contribution in [0.1, 0.15) is 27.7 Å². The first-order valence-corrected chi connectivity index (χ1v) is 6.75. The third-order valence-corrected chi connectivity index (χ3v) is 5.45. The minimum Gasteiger partial charge on any atom is -0.397 e. The average Bonchev–Trinajstić information content (AvgIpc) is 2.68. The summed E-state index contributed by atoms with van der Waals surface area (Å²) in [6.45, 7) is 9.54. The van der Waals surface area contributed by atoms with Gasteiger partial charge >= 0.3 is 0 Å². The number of hydrogen-bond donors (Lipinski definition) is 3. The summed E-state index contributed by atoms with van der Waals surface area (Å²) in [6, 6.07) is 1.48. The Labute approximate surface area is 118 Å². The summed E-state index contributed by atoms with van der Waals surface area (Å²) in [5, 5.41) is 3.00. The molecule has 0 amide bonds. The van der Waals surface area contributed by atoms with E-state index in [0.29, 0.717) is 12.5 Å². The summed E-state index contributed by atoms with van der Waals surface area (Å²) in [7, 11) is 0. The molecule has 106 valence electrons. The summed E-state index contributed by atoms with van der Waals surface area (Å²) in [6.07, 6.45) is 0. The number of nitrogens with one attached hydrogen (secondary N) is 1. The molecule has 1 aromatic rings. The number of halogens is 2. The summed E-state index contributed by atoms with van der Waals surface area (Å²) in [5.74, 6) is -0.106. The highest BCUT2D eigenvalue weighted by Crippen LogP contribution is 2.68. The van der Waals surface area contributed by atoms with E-state index in [1.807, 2.05) is 0 Å². The highest BCUT2D eigenvalue weighted by molar-refractivity contribution is 6.33. The fourth-order valence-electron chi connectivity index (χ4n) is 2.89. The molecule has 1 aliphatic carbocycles. The van der Waals surface area contributed by atoms with Crippen molar-refractivity contribution in [3.63, 3.8) is 0 Å². The Kier molecular flexibility index (Phi) is 3.13. The molecular weight excluding hydrogens is 265 g/mol. The lowest BCUT2D eigenvalue weighted by atomic mass is 10.0. The van der Waals surface area contributed by atoms with E-state index in [4.69, 9.17) is 23.1 Å². The van der Waals surface area contributed by atoms with Gasteiger partial charge in [-0.2, -0.15) is 0 Å². The first kappa shape index (κ1) is 14.3. The van der Waals surface area contributed by atoms with Crippen molar-refractivity contribution in [1.29, 1.82) is 0 Å². The van der Waals surface area contributed by atoms with Crippen LogP contribution >= 0.6 is 11.6 Å². The maximum Gasteiger partial charge on any atom is 0.169 e. The maximum atomic E-state index is 14.0. The minimum absolute atomic E-state index is 0.0778. The Morgan fingerprint density at radius 1 is 1.21 bits per heavy atom. The quantitative estimate of drug-likeness (QED) is 0.741. The molecule has 2 rings (SSSR count). The molecule has 1 aliphatic rings. The van der Waals surface area contributed by atoms with Crippen molar-refractivity contribution < 1.29 is 4.39 Å². The zero-order valence-corrected chi connectivity index (χ0v) is 12.5. The van der Waals surface area contributed by atoms with Crippen molar-refractivity contribution in [2.24, 2.45) is 16.7 Å². The van der Waals surface area contributed by atoms with Crippen LogP contribution in [0.2, 0.25) is 5.02 Å². The molecule has 0 unspecified atom stereocenters. The Balaban J connectivity index is 2.16.